The van der Waals surface area contributed by atoms with Crippen molar-refractivity contribution in [2.24, 2.45) is 0 Å². The molecule has 3 nitrogen and oxygen atoms in total. The average Bonchev–Trinajstić information content (AvgIpc) is 3.76. The fraction of sp³-hybridized carbons (Fsp3) is 0. The molecule has 61 heavy (non-hydrogen) atoms. The third kappa shape index (κ3) is 6.99. The predicted molar refractivity (Wildman–Crippen MR) is 256 cm³/mol. The van der Waals surface area contributed by atoms with Crippen LogP contribution in [0.1, 0.15) is 0 Å². The number of hydrogen-bond donors (Lipinski definition) is 0. The van der Waals surface area contributed by atoms with E-state index in [1.165, 1.54) is 48.3 Å². The topological polar surface area (TPSA) is 38.7 Å². The zero-order valence-electron chi connectivity index (χ0n) is 33.1. The molecular formula is C57H37N3S. The van der Waals surface area contributed by atoms with E-state index in [0.29, 0.717) is 5.82 Å². The lowest BCUT2D eigenvalue weighted by Crippen LogP contribution is -1.96. The Morgan fingerprint density at radius 1 is 0.311 bits per heavy atom. The predicted octanol–water partition coefficient (Wildman–Crippen LogP) is 15.6. The first kappa shape index (κ1) is 36.3. The van der Waals surface area contributed by atoms with Crippen molar-refractivity contribution >= 4 is 32.3 Å². The van der Waals surface area contributed by atoms with Gasteiger partial charge in [0.05, 0.1) is 27.3 Å². The van der Waals surface area contributed by atoms with Crippen molar-refractivity contribution in [3.63, 3.8) is 0 Å². The summed E-state index contributed by atoms with van der Waals surface area (Å²) in [5.74, 6) is 0.682. The number of thiophene rings is 1. The largest absolute Gasteiger partial charge is 0.246 e. The molecule has 0 radical (unpaired) electrons. The average molecular weight is 796 g/mol. The quantitative estimate of drug-likeness (QED) is 0.154. The van der Waals surface area contributed by atoms with Gasteiger partial charge in [0.15, 0.2) is 5.82 Å². The molecule has 3 aromatic heterocycles. The highest BCUT2D eigenvalue weighted by atomic mass is 32.1. The number of nitrogens with zero attached hydrogens (tertiary/aromatic N) is 3. The third-order valence-corrected chi connectivity index (χ3v) is 12.6. The summed E-state index contributed by atoms with van der Waals surface area (Å²) in [5, 5.41) is 2.39. The fourth-order valence-corrected chi connectivity index (χ4v) is 9.61. The first-order valence-corrected chi connectivity index (χ1v) is 21.3. The lowest BCUT2D eigenvalue weighted by molar-refractivity contribution is 1.18. The molecule has 0 atom stereocenters. The molecule has 4 heteroatoms. The Bertz CT molecular complexity index is 3190. The second kappa shape index (κ2) is 15.8. The van der Waals surface area contributed by atoms with E-state index < -0.39 is 0 Å². The molecule has 0 saturated heterocycles. The summed E-state index contributed by atoms with van der Waals surface area (Å²) in [6.45, 7) is 0. The number of benzene rings is 8. The highest BCUT2D eigenvalue weighted by Crippen LogP contribution is 2.50. The van der Waals surface area contributed by atoms with Crippen LogP contribution in [0, 0.1) is 0 Å². The zero-order valence-corrected chi connectivity index (χ0v) is 33.9. The van der Waals surface area contributed by atoms with Crippen molar-refractivity contribution in [3.8, 4) is 89.0 Å². The lowest BCUT2D eigenvalue weighted by atomic mass is 9.95. The Kier molecular flexibility index (Phi) is 9.38. The molecule has 0 aliphatic carbocycles. The van der Waals surface area contributed by atoms with Crippen LogP contribution in [0.4, 0.5) is 0 Å². The van der Waals surface area contributed by atoms with Gasteiger partial charge in [-0.1, -0.05) is 212 Å². The van der Waals surface area contributed by atoms with Crippen LogP contribution in [0.2, 0.25) is 0 Å². The smallest absolute Gasteiger partial charge is 0.160 e. The number of para-hydroxylation sites is 1. The number of pyridine rings is 1. The summed E-state index contributed by atoms with van der Waals surface area (Å²) < 4.78 is 1.17. The van der Waals surface area contributed by atoms with Crippen molar-refractivity contribution in [2.75, 3.05) is 0 Å². The van der Waals surface area contributed by atoms with Gasteiger partial charge in [0, 0.05) is 43.5 Å². The van der Waals surface area contributed by atoms with Gasteiger partial charge in [0.1, 0.15) is 0 Å². The minimum absolute atomic E-state index is 0.682. The van der Waals surface area contributed by atoms with Crippen molar-refractivity contribution in [1.82, 2.24) is 15.0 Å². The third-order valence-electron chi connectivity index (χ3n) is 11.3. The Morgan fingerprint density at radius 2 is 0.721 bits per heavy atom. The molecule has 0 spiro atoms. The maximum Gasteiger partial charge on any atom is 0.160 e. The summed E-state index contributed by atoms with van der Waals surface area (Å²) in [6, 6.07) is 79.0. The summed E-state index contributed by atoms with van der Waals surface area (Å²) >= 11 is 1.82. The second-order valence-corrected chi connectivity index (χ2v) is 16.2. The lowest BCUT2D eigenvalue weighted by Gasteiger charge is -2.12. The van der Waals surface area contributed by atoms with Crippen LogP contribution >= 0.6 is 11.3 Å². The minimum Gasteiger partial charge on any atom is -0.246 e. The molecule has 0 amide bonds. The van der Waals surface area contributed by atoms with Gasteiger partial charge in [0.2, 0.25) is 0 Å². The summed E-state index contributed by atoms with van der Waals surface area (Å²) in [6.07, 6.45) is 0. The maximum absolute atomic E-state index is 5.37. The molecule has 11 aromatic rings. The van der Waals surface area contributed by atoms with E-state index in [4.69, 9.17) is 15.0 Å². The zero-order chi connectivity index (χ0) is 40.5. The summed E-state index contributed by atoms with van der Waals surface area (Å²) in [7, 11) is 0. The van der Waals surface area contributed by atoms with Crippen LogP contribution in [-0.2, 0) is 0 Å². The molecule has 11 rings (SSSR count). The van der Waals surface area contributed by atoms with Crippen molar-refractivity contribution in [3.05, 3.63) is 224 Å². The first-order valence-electron chi connectivity index (χ1n) is 20.5. The molecule has 0 saturated carbocycles. The van der Waals surface area contributed by atoms with Crippen molar-refractivity contribution in [1.29, 1.82) is 0 Å². The Morgan fingerprint density at radius 3 is 1.26 bits per heavy atom. The van der Waals surface area contributed by atoms with E-state index >= 15 is 0 Å². The minimum atomic E-state index is 0.682. The Labute approximate surface area is 359 Å². The van der Waals surface area contributed by atoms with Crippen LogP contribution < -0.4 is 0 Å². The van der Waals surface area contributed by atoms with Gasteiger partial charge in [-0.25, -0.2) is 15.0 Å². The van der Waals surface area contributed by atoms with Gasteiger partial charge in [-0.3, -0.25) is 0 Å². The maximum atomic E-state index is 5.37. The highest BCUT2D eigenvalue weighted by Gasteiger charge is 2.22. The number of rotatable bonds is 8. The summed E-state index contributed by atoms with van der Waals surface area (Å²) in [5.41, 5.74) is 16.1. The molecule has 0 unspecified atom stereocenters. The molecule has 0 aliphatic heterocycles. The van der Waals surface area contributed by atoms with E-state index in [1.807, 2.05) is 23.5 Å². The summed E-state index contributed by atoms with van der Waals surface area (Å²) in [4.78, 5) is 17.0. The van der Waals surface area contributed by atoms with Gasteiger partial charge in [-0.05, 0) is 45.5 Å². The van der Waals surface area contributed by atoms with E-state index in [-0.39, 0.29) is 0 Å². The van der Waals surface area contributed by atoms with Gasteiger partial charge in [-0.15, -0.1) is 11.3 Å². The van der Waals surface area contributed by atoms with Crippen LogP contribution in [0.25, 0.3) is 110 Å². The molecular weight excluding hydrogens is 759 g/mol. The molecule has 286 valence electrons. The van der Waals surface area contributed by atoms with Gasteiger partial charge < -0.3 is 0 Å². The standard InChI is InChI=1S/C57H37N3S/c1-5-15-38(16-6-1)40-25-29-42(30-26-40)50-37-51(60-57(59-50)47-35-27-41(28-36-47)39-17-7-2-8-18-39)43-31-33-45(34-32-43)54-56-53(48-23-13-14-24-49(48)58-54)52(44-19-9-3-10-20-44)55(61-56)46-21-11-4-12-22-46/h1-37H. The van der Waals surface area contributed by atoms with Gasteiger partial charge in [0.25, 0.3) is 0 Å². The monoisotopic (exact) mass is 795 g/mol. The van der Waals surface area contributed by atoms with E-state index in [9.17, 15) is 0 Å². The van der Waals surface area contributed by atoms with Gasteiger partial charge >= 0.3 is 0 Å². The van der Waals surface area contributed by atoms with Crippen LogP contribution in [0.15, 0.2) is 224 Å². The number of hydrogen-bond acceptors (Lipinski definition) is 4. The fourth-order valence-electron chi connectivity index (χ4n) is 8.25. The molecule has 0 N–H and O–H groups in total. The molecule has 0 bridgehead atoms. The molecule has 3 heterocycles. The number of fused-ring (bicyclic) bond motifs is 3. The first-order chi connectivity index (χ1) is 30.2. The van der Waals surface area contributed by atoms with Crippen LogP contribution in [0.3, 0.4) is 0 Å². The van der Waals surface area contributed by atoms with Gasteiger partial charge in [-0.2, -0.15) is 0 Å². The Balaban J connectivity index is 1.04. The second-order valence-electron chi connectivity index (χ2n) is 15.1. The molecule has 0 aliphatic rings. The van der Waals surface area contributed by atoms with Crippen molar-refractivity contribution < 1.29 is 0 Å². The molecule has 0 fully saturated rings. The van der Waals surface area contributed by atoms with E-state index in [2.05, 4.69) is 212 Å². The Hall–Kier alpha value is -7.79. The van der Waals surface area contributed by atoms with E-state index in [0.717, 1.165) is 55.8 Å². The highest BCUT2D eigenvalue weighted by molar-refractivity contribution is 7.23. The van der Waals surface area contributed by atoms with Crippen molar-refractivity contribution in [2.45, 2.75) is 0 Å². The number of aromatic nitrogens is 3. The molecule has 8 aromatic carbocycles. The van der Waals surface area contributed by atoms with Crippen LogP contribution in [0.5, 0.6) is 0 Å². The van der Waals surface area contributed by atoms with Crippen LogP contribution in [-0.4, -0.2) is 15.0 Å². The normalized spacial score (nSPS) is 11.3. The SMILES string of the molecule is c1ccc(-c2ccc(-c3cc(-c4ccc(-c5nc6ccccc6c6c(-c7ccccc7)c(-c7ccccc7)sc56)cc4)nc(-c4ccc(-c5ccccc5)cc4)n3)cc2)cc1. The van der Waals surface area contributed by atoms with E-state index in [1.54, 1.807) is 0 Å².